The fourth-order valence-electron chi connectivity index (χ4n) is 5.09. The molecule has 2 aliphatic rings. The number of fused-ring (bicyclic) bond motifs is 2. The summed E-state index contributed by atoms with van der Waals surface area (Å²) in [5.41, 5.74) is 0.264. The van der Waals surface area contributed by atoms with Gasteiger partial charge in [-0.25, -0.2) is 15.0 Å². The molecule has 0 saturated heterocycles. The Morgan fingerprint density at radius 1 is 1.33 bits per heavy atom. The average Bonchev–Trinajstić information content (AvgIpc) is 3.04. The van der Waals surface area contributed by atoms with Gasteiger partial charge in [0.15, 0.2) is 17.0 Å². The largest absolute Gasteiger partial charge is 0.389 e. The van der Waals surface area contributed by atoms with Crippen LogP contribution in [0.4, 0.5) is 5.82 Å². The molecule has 0 bridgehead atoms. The zero-order chi connectivity index (χ0) is 23.3. The maximum atomic E-state index is 12.3. The fourth-order valence-corrected chi connectivity index (χ4v) is 5.81. The summed E-state index contributed by atoms with van der Waals surface area (Å²) in [6.45, 7) is 6.39. The van der Waals surface area contributed by atoms with Crippen LogP contribution >= 0.6 is 11.3 Å². The van der Waals surface area contributed by atoms with Crippen LogP contribution in [0.25, 0.3) is 11.2 Å². The third kappa shape index (κ3) is 3.53. The molecule has 0 aromatic carbocycles. The average molecular weight is 466 g/mol. The Bertz CT molecular complexity index is 1290. The van der Waals surface area contributed by atoms with E-state index in [-0.39, 0.29) is 11.7 Å². The molecule has 0 spiro atoms. The molecular formula is C24H27N5O3S. The van der Waals surface area contributed by atoms with Gasteiger partial charge in [-0.1, -0.05) is 13.3 Å². The lowest BCUT2D eigenvalue weighted by molar-refractivity contribution is -0.128. The van der Waals surface area contributed by atoms with Crippen molar-refractivity contribution in [2.75, 3.05) is 11.9 Å². The van der Waals surface area contributed by atoms with Gasteiger partial charge in [0.05, 0.1) is 28.8 Å². The molecule has 0 radical (unpaired) electrons. The normalized spacial score (nSPS) is 27.8. The van der Waals surface area contributed by atoms with Crippen molar-refractivity contribution in [3.63, 3.8) is 0 Å². The number of Topliss-reactive ketones (excluding diaryl/α,β-unsaturated/α-hetero) is 1. The Labute approximate surface area is 196 Å². The van der Waals surface area contributed by atoms with Gasteiger partial charge in [-0.05, 0) is 56.6 Å². The Balaban J connectivity index is 1.57. The molecule has 2 unspecified atom stereocenters. The molecule has 5 atom stereocenters. The van der Waals surface area contributed by atoms with Gasteiger partial charge in [-0.2, -0.15) is 0 Å². The summed E-state index contributed by atoms with van der Waals surface area (Å²) in [5.74, 6) is 6.92. The maximum absolute atomic E-state index is 12.3. The highest BCUT2D eigenvalue weighted by Crippen LogP contribution is 2.68. The molecule has 3 N–H and O–H groups in total. The van der Waals surface area contributed by atoms with Crippen molar-refractivity contribution < 1.29 is 15.0 Å². The van der Waals surface area contributed by atoms with E-state index in [2.05, 4.69) is 39.0 Å². The van der Waals surface area contributed by atoms with E-state index < -0.39 is 23.7 Å². The quantitative estimate of drug-likeness (QED) is 0.379. The van der Waals surface area contributed by atoms with Crippen LogP contribution in [0.5, 0.6) is 0 Å². The number of aryl methyl sites for hydroxylation is 1. The standard InChI is InChI=1S/C24H27N5O3S/c1-4-5-10-25-22-18-23(28-17(27-22)9-8-15-7-6-13(2)33-15)29(12-26-18)19-16-11-24(16,14(3)30)21(32)20(19)31/h6-7,12,16,19-21,31-32H,4-5,10-11H2,1-3H3,(H,25,27,28)/t16?,19-,20+,21?,24+/m1/s1. The monoisotopic (exact) mass is 465 g/mol. The number of hydrogen-bond donors (Lipinski definition) is 3. The summed E-state index contributed by atoms with van der Waals surface area (Å²) < 4.78 is 1.79. The number of rotatable bonds is 6. The first-order valence-corrected chi connectivity index (χ1v) is 12.1. The van der Waals surface area contributed by atoms with E-state index in [0.717, 1.165) is 24.3 Å². The van der Waals surface area contributed by atoms with Crippen LogP contribution < -0.4 is 5.32 Å². The number of nitrogens with zero attached hydrogens (tertiary/aromatic N) is 4. The Morgan fingerprint density at radius 3 is 2.82 bits per heavy atom. The predicted octanol–water partition coefficient (Wildman–Crippen LogP) is 2.68. The fraction of sp³-hybridized carbons (Fsp3) is 0.500. The van der Waals surface area contributed by atoms with Crippen LogP contribution in [0, 0.1) is 30.1 Å². The molecule has 2 fully saturated rings. The van der Waals surface area contributed by atoms with Crippen LogP contribution in [0.2, 0.25) is 0 Å². The van der Waals surface area contributed by atoms with Crippen molar-refractivity contribution in [3.05, 3.63) is 34.0 Å². The summed E-state index contributed by atoms with van der Waals surface area (Å²) in [7, 11) is 0. The van der Waals surface area contributed by atoms with Gasteiger partial charge in [0, 0.05) is 11.4 Å². The van der Waals surface area contributed by atoms with Crippen LogP contribution in [0.15, 0.2) is 18.5 Å². The number of thiophene rings is 1. The number of hydrogen-bond acceptors (Lipinski definition) is 8. The second-order valence-electron chi connectivity index (χ2n) is 8.99. The first kappa shape index (κ1) is 22.0. The summed E-state index contributed by atoms with van der Waals surface area (Å²) in [5, 5.41) is 24.8. The van der Waals surface area contributed by atoms with E-state index in [4.69, 9.17) is 0 Å². The number of aromatic nitrogens is 4. The van der Waals surface area contributed by atoms with Crippen LogP contribution in [0.1, 0.15) is 54.7 Å². The lowest BCUT2D eigenvalue weighted by atomic mass is 9.95. The van der Waals surface area contributed by atoms with Crippen LogP contribution in [-0.4, -0.2) is 54.3 Å². The van der Waals surface area contributed by atoms with E-state index in [1.807, 2.05) is 19.1 Å². The molecule has 3 heterocycles. The van der Waals surface area contributed by atoms with E-state index in [0.29, 0.717) is 29.2 Å². The van der Waals surface area contributed by atoms with Crippen molar-refractivity contribution >= 4 is 34.1 Å². The first-order chi connectivity index (χ1) is 15.9. The molecule has 3 aromatic heterocycles. The molecule has 0 aliphatic heterocycles. The highest BCUT2D eigenvalue weighted by molar-refractivity contribution is 7.12. The second-order valence-corrected chi connectivity index (χ2v) is 10.3. The Kier molecular flexibility index (Phi) is 5.47. The number of aliphatic hydroxyl groups excluding tert-OH is 2. The van der Waals surface area contributed by atoms with Gasteiger partial charge in [0.2, 0.25) is 5.82 Å². The van der Waals surface area contributed by atoms with Crippen LogP contribution in [-0.2, 0) is 4.79 Å². The van der Waals surface area contributed by atoms with Gasteiger partial charge in [-0.3, -0.25) is 4.79 Å². The zero-order valence-corrected chi connectivity index (χ0v) is 19.7. The third-order valence-corrected chi connectivity index (χ3v) is 7.85. The zero-order valence-electron chi connectivity index (χ0n) is 18.9. The molecule has 172 valence electrons. The van der Waals surface area contributed by atoms with Crippen molar-refractivity contribution in [3.8, 4) is 11.8 Å². The number of unbranched alkanes of at least 4 members (excludes halogenated alkanes) is 1. The summed E-state index contributed by atoms with van der Waals surface area (Å²) in [4.78, 5) is 28.2. The predicted molar refractivity (Wildman–Crippen MR) is 126 cm³/mol. The number of aliphatic hydroxyl groups is 2. The number of ketones is 1. The minimum absolute atomic E-state index is 0.0830. The number of carbonyl (C=O) groups excluding carboxylic acids is 1. The Hall–Kier alpha value is -2.80. The highest BCUT2D eigenvalue weighted by atomic mass is 32.1. The molecule has 9 heteroatoms. The molecule has 2 saturated carbocycles. The summed E-state index contributed by atoms with van der Waals surface area (Å²) in [6, 6.07) is 3.52. The van der Waals surface area contributed by atoms with Crippen molar-refractivity contribution in [2.45, 2.75) is 58.3 Å². The van der Waals surface area contributed by atoms with Crippen molar-refractivity contribution in [1.29, 1.82) is 0 Å². The van der Waals surface area contributed by atoms with E-state index in [9.17, 15) is 15.0 Å². The summed E-state index contributed by atoms with van der Waals surface area (Å²) in [6.07, 6.45) is 2.05. The highest BCUT2D eigenvalue weighted by Gasteiger charge is 2.74. The van der Waals surface area contributed by atoms with Gasteiger partial charge in [0.1, 0.15) is 11.9 Å². The molecule has 33 heavy (non-hydrogen) atoms. The van der Waals surface area contributed by atoms with Crippen LogP contribution in [0.3, 0.4) is 0 Å². The van der Waals surface area contributed by atoms with Gasteiger partial charge in [-0.15, -0.1) is 11.3 Å². The molecule has 8 nitrogen and oxygen atoms in total. The minimum Gasteiger partial charge on any atom is -0.389 e. The third-order valence-electron chi connectivity index (χ3n) is 6.93. The topological polar surface area (TPSA) is 113 Å². The lowest BCUT2D eigenvalue weighted by Crippen LogP contribution is -2.36. The molecule has 0 amide bonds. The van der Waals surface area contributed by atoms with Gasteiger partial charge >= 0.3 is 0 Å². The number of anilines is 1. The Morgan fingerprint density at radius 2 is 2.15 bits per heavy atom. The van der Waals surface area contributed by atoms with Crippen molar-refractivity contribution in [2.24, 2.45) is 11.3 Å². The van der Waals surface area contributed by atoms with E-state index in [1.54, 1.807) is 22.2 Å². The SMILES string of the molecule is CCCCNc1nc(C#Cc2ccc(C)s2)nc2c1ncn2[C@@H]1C2C[C@@]2(C(C)=O)C(O)[C@H]1O. The second kappa shape index (κ2) is 8.20. The van der Waals surface area contributed by atoms with E-state index in [1.165, 1.54) is 11.8 Å². The molecule has 3 aromatic rings. The first-order valence-electron chi connectivity index (χ1n) is 11.3. The minimum atomic E-state index is -1.09. The number of nitrogens with one attached hydrogen (secondary N) is 1. The molecular weight excluding hydrogens is 438 g/mol. The number of carbonyl (C=O) groups is 1. The maximum Gasteiger partial charge on any atom is 0.209 e. The molecule has 2 aliphatic carbocycles. The van der Waals surface area contributed by atoms with E-state index >= 15 is 0 Å². The lowest BCUT2D eigenvalue weighted by Gasteiger charge is -2.23. The van der Waals surface area contributed by atoms with Gasteiger partial charge < -0.3 is 20.1 Å². The molecule has 5 rings (SSSR count). The van der Waals surface area contributed by atoms with Gasteiger partial charge in [0.25, 0.3) is 0 Å². The summed E-state index contributed by atoms with van der Waals surface area (Å²) >= 11 is 1.61. The number of imidazole rings is 1. The van der Waals surface area contributed by atoms with Crippen molar-refractivity contribution in [1.82, 2.24) is 19.5 Å². The smallest absolute Gasteiger partial charge is 0.209 e.